The Kier molecular flexibility index (Phi) is 5.02. The topological polar surface area (TPSA) is 55.5 Å². The monoisotopic (exact) mass is 367 g/mol. The molecule has 1 N–H and O–H groups in total. The summed E-state index contributed by atoms with van der Waals surface area (Å²) >= 11 is 0. The fourth-order valence-corrected chi connectivity index (χ4v) is 4.50. The van der Waals surface area contributed by atoms with Gasteiger partial charge in [-0.15, -0.1) is 0 Å². The molecule has 0 atom stereocenters. The molecule has 27 heavy (non-hydrogen) atoms. The quantitative estimate of drug-likeness (QED) is 0.885. The Labute approximate surface area is 161 Å². The molecule has 2 fully saturated rings. The molecule has 1 spiro atoms. The number of nitrogens with one attached hydrogen (secondary N) is 1. The van der Waals surface area contributed by atoms with Gasteiger partial charge in [-0.25, -0.2) is 4.98 Å². The smallest absolute Gasteiger partial charge is 0.254 e. The Morgan fingerprint density at radius 1 is 1.11 bits per heavy atom. The van der Waals surface area contributed by atoms with E-state index < -0.39 is 0 Å². The van der Waals surface area contributed by atoms with Crippen molar-refractivity contribution in [2.75, 3.05) is 46.8 Å². The van der Waals surface area contributed by atoms with Gasteiger partial charge in [-0.3, -0.25) is 9.69 Å². The summed E-state index contributed by atoms with van der Waals surface area (Å²) in [5, 5.41) is 0. The zero-order valence-corrected chi connectivity index (χ0v) is 16.3. The molecule has 0 unspecified atom stereocenters. The summed E-state index contributed by atoms with van der Waals surface area (Å²) < 4.78 is 0. The molecule has 0 radical (unpaired) electrons. The first-order chi connectivity index (χ1) is 13.1. The van der Waals surface area contributed by atoms with E-state index in [0.717, 1.165) is 68.9 Å². The van der Waals surface area contributed by atoms with Crippen molar-refractivity contribution in [2.45, 2.75) is 24.8 Å². The van der Waals surface area contributed by atoms with Crippen molar-refractivity contribution in [3.05, 3.63) is 42.2 Å². The lowest BCUT2D eigenvalue weighted by Crippen LogP contribution is -2.58. The number of aromatic amines is 1. The number of imidazole rings is 1. The van der Waals surface area contributed by atoms with Crippen molar-refractivity contribution < 1.29 is 4.79 Å². The van der Waals surface area contributed by atoms with Crippen LogP contribution in [0.15, 0.2) is 36.7 Å². The summed E-state index contributed by atoms with van der Waals surface area (Å²) in [6, 6.07) is 7.80. The van der Waals surface area contributed by atoms with E-state index in [1.807, 2.05) is 24.3 Å². The van der Waals surface area contributed by atoms with Gasteiger partial charge in [0, 0.05) is 43.1 Å². The van der Waals surface area contributed by atoms with Gasteiger partial charge in [0.25, 0.3) is 5.91 Å². The summed E-state index contributed by atoms with van der Waals surface area (Å²) in [5.41, 5.74) is 1.71. The summed E-state index contributed by atoms with van der Waals surface area (Å²) in [5.74, 6) is 0.871. The van der Waals surface area contributed by atoms with Crippen LogP contribution in [0.3, 0.4) is 0 Å². The Morgan fingerprint density at radius 3 is 2.63 bits per heavy atom. The first-order valence-electron chi connectivity index (χ1n) is 9.87. The highest BCUT2D eigenvalue weighted by atomic mass is 16.2. The number of carbonyl (C=O) groups excluding carboxylic acids is 1. The Hall–Kier alpha value is -2.18. The van der Waals surface area contributed by atoms with Gasteiger partial charge in [-0.2, -0.15) is 0 Å². The molecule has 2 aromatic rings. The molecule has 0 aliphatic carbocycles. The maximum atomic E-state index is 13.5. The first kappa shape index (κ1) is 18.2. The molecular weight excluding hydrogens is 338 g/mol. The lowest BCUT2D eigenvalue weighted by molar-refractivity contribution is 0.0317. The van der Waals surface area contributed by atoms with Gasteiger partial charge in [-0.05, 0) is 52.5 Å². The molecule has 6 nitrogen and oxygen atoms in total. The SMILES string of the molecule is CN1CCC2(CC1)CN(C(=O)c1ccccc1-c1ncc[nH]1)CCCN2C. The molecule has 0 bridgehead atoms. The second-order valence-corrected chi connectivity index (χ2v) is 8.01. The maximum Gasteiger partial charge on any atom is 0.254 e. The molecule has 0 saturated carbocycles. The lowest BCUT2D eigenvalue weighted by atomic mass is 9.85. The number of hydrogen-bond acceptors (Lipinski definition) is 4. The van der Waals surface area contributed by atoms with Crippen molar-refractivity contribution in [3.8, 4) is 11.4 Å². The number of hydrogen-bond donors (Lipinski definition) is 1. The number of likely N-dealkylation sites (tertiary alicyclic amines) is 1. The molecule has 144 valence electrons. The Bertz CT molecular complexity index is 780. The van der Waals surface area contributed by atoms with Crippen LogP contribution in [-0.2, 0) is 0 Å². The highest BCUT2D eigenvalue weighted by Crippen LogP contribution is 2.32. The second kappa shape index (κ2) is 7.44. The van der Waals surface area contributed by atoms with E-state index in [2.05, 4.69) is 38.8 Å². The summed E-state index contributed by atoms with van der Waals surface area (Å²) in [6.07, 6.45) is 6.77. The third-order valence-electron chi connectivity index (χ3n) is 6.33. The van der Waals surface area contributed by atoms with Crippen LogP contribution in [0, 0.1) is 0 Å². The zero-order valence-electron chi connectivity index (χ0n) is 16.3. The molecular formula is C21H29N5O. The third kappa shape index (κ3) is 3.51. The van der Waals surface area contributed by atoms with Crippen LogP contribution in [0.2, 0.25) is 0 Å². The lowest BCUT2D eigenvalue weighted by Gasteiger charge is -2.47. The number of benzene rings is 1. The fraction of sp³-hybridized carbons (Fsp3) is 0.524. The molecule has 4 rings (SSSR count). The average molecular weight is 367 g/mol. The minimum absolute atomic E-state index is 0.0955. The van der Waals surface area contributed by atoms with Crippen molar-refractivity contribution in [2.24, 2.45) is 0 Å². The molecule has 2 aliphatic rings. The van der Waals surface area contributed by atoms with Crippen LogP contribution in [0.25, 0.3) is 11.4 Å². The van der Waals surface area contributed by atoms with Crippen molar-refractivity contribution >= 4 is 5.91 Å². The van der Waals surface area contributed by atoms with Crippen molar-refractivity contribution in [3.63, 3.8) is 0 Å². The number of likely N-dealkylation sites (N-methyl/N-ethyl adjacent to an activating group) is 1. The van der Waals surface area contributed by atoms with E-state index in [9.17, 15) is 4.79 Å². The van der Waals surface area contributed by atoms with E-state index in [4.69, 9.17) is 0 Å². The van der Waals surface area contributed by atoms with Crippen molar-refractivity contribution in [1.29, 1.82) is 0 Å². The maximum absolute atomic E-state index is 13.5. The fourth-order valence-electron chi connectivity index (χ4n) is 4.50. The Balaban J connectivity index is 1.62. The van der Waals surface area contributed by atoms with E-state index in [0.29, 0.717) is 0 Å². The summed E-state index contributed by atoms with van der Waals surface area (Å²) in [6.45, 7) is 4.86. The average Bonchev–Trinajstić information content (AvgIpc) is 3.18. The van der Waals surface area contributed by atoms with Gasteiger partial charge in [0.1, 0.15) is 5.82 Å². The van der Waals surface area contributed by atoms with Gasteiger partial charge in [-0.1, -0.05) is 18.2 Å². The van der Waals surface area contributed by atoms with Gasteiger partial charge in [0.05, 0.1) is 5.56 Å². The predicted octanol–water partition coefficient (Wildman–Crippen LogP) is 2.32. The molecule has 6 heteroatoms. The Morgan fingerprint density at radius 2 is 1.89 bits per heavy atom. The van der Waals surface area contributed by atoms with Crippen LogP contribution in [0.5, 0.6) is 0 Å². The first-order valence-corrected chi connectivity index (χ1v) is 9.87. The largest absolute Gasteiger partial charge is 0.345 e. The van der Waals surface area contributed by atoms with Crippen LogP contribution >= 0.6 is 0 Å². The molecule has 3 heterocycles. The minimum Gasteiger partial charge on any atom is -0.345 e. The van der Waals surface area contributed by atoms with Gasteiger partial charge in [0.15, 0.2) is 0 Å². The number of aromatic nitrogens is 2. The van der Waals surface area contributed by atoms with Crippen LogP contribution < -0.4 is 0 Å². The number of carbonyl (C=O) groups is 1. The van der Waals surface area contributed by atoms with E-state index >= 15 is 0 Å². The van der Waals surface area contributed by atoms with Crippen LogP contribution in [0.4, 0.5) is 0 Å². The molecule has 2 saturated heterocycles. The van der Waals surface area contributed by atoms with Crippen LogP contribution in [0.1, 0.15) is 29.6 Å². The molecule has 1 amide bonds. The summed E-state index contributed by atoms with van der Waals surface area (Å²) in [7, 11) is 4.42. The number of piperidine rings is 1. The van der Waals surface area contributed by atoms with Crippen molar-refractivity contribution in [1.82, 2.24) is 24.7 Å². The molecule has 1 aromatic heterocycles. The predicted molar refractivity (Wildman–Crippen MR) is 107 cm³/mol. The minimum atomic E-state index is 0.0955. The normalized spacial score (nSPS) is 21.3. The zero-order chi connectivity index (χ0) is 18.9. The van der Waals surface area contributed by atoms with E-state index in [1.54, 1.807) is 12.4 Å². The second-order valence-electron chi connectivity index (χ2n) is 8.01. The summed E-state index contributed by atoms with van der Waals surface area (Å²) in [4.78, 5) is 28.0. The highest BCUT2D eigenvalue weighted by molar-refractivity contribution is 6.00. The number of amides is 1. The number of rotatable bonds is 2. The third-order valence-corrected chi connectivity index (χ3v) is 6.33. The standard InChI is InChI=1S/C21H29N5O/c1-24-14-8-21(9-15-24)16-26(13-5-12-25(21)2)20(27)18-7-4-3-6-17(18)19-22-10-11-23-19/h3-4,6-7,10-11H,5,8-9,12-16H2,1-2H3,(H,22,23). The highest BCUT2D eigenvalue weighted by Gasteiger charge is 2.41. The number of nitrogens with zero attached hydrogens (tertiary/aromatic N) is 4. The molecule has 2 aliphatic heterocycles. The number of H-pyrrole nitrogens is 1. The van der Waals surface area contributed by atoms with E-state index in [-0.39, 0.29) is 11.4 Å². The molecule has 1 aromatic carbocycles. The van der Waals surface area contributed by atoms with E-state index in [1.165, 1.54) is 0 Å². The van der Waals surface area contributed by atoms with Crippen LogP contribution in [-0.4, -0.2) is 82.9 Å². The van der Waals surface area contributed by atoms with Gasteiger partial charge >= 0.3 is 0 Å². The van der Waals surface area contributed by atoms with Gasteiger partial charge in [0.2, 0.25) is 0 Å². The van der Waals surface area contributed by atoms with Gasteiger partial charge < -0.3 is 14.8 Å².